The summed E-state index contributed by atoms with van der Waals surface area (Å²) in [5.41, 5.74) is 0. The van der Waals surface area contributed by atoms with Gasteiger partial charge in [0.25, 0.3) is 20.0 Å². The minimum Gasteiger partial charge on any atom is -0.305 e. The number of nitrogens with two attached hydrogens (primary N) is 2. The predicted octanol–water partition coefficient (Wildman–Crippen LogP) is -0.977. The maximum absolute atomic E-state index is 11.1. The molecular formula is C6H6N10O4S5. The summed E-state index contributed by atoms with van der Waals surface area (Å²) in [4.78, 5) is 0. The van der Waals surface area contributed by atoms with Crippen molar-refractivity contribution in [3.8, 4) is 0 Å². The molecule has 6 N–H and O–H groups in total. The van der Waals surface area contributed by atoms with E-state index in [2.05, 4.69) is 41.2 Å². The normalized spacial score (nSPS) is 12.2. The second kappa shape index (κ2) is 6.44. The summed E-state index contributed by atoms with van der Waals surface area (Å²) in [5, 5.41) is 37.9. The molecule has 0 aliphatic carbocycles. The first-order valence-corrected chi connectivity index (χ1v) is 11.3. The largest absolute Gasteiger partial charge is 0.305 e. The molecule has 0 radical (unpaired) electrons. The highest BCUT2D eigenvalue weighted by Crippen LogP contribution is 2.29. The van der Waals surface area contributed by atoms with Gasteiger partial charge in [-0.3, -0.25) is 0 Å². The molecule has 3 aromatic rings. The monoisotopic (exact) mass is 442 g/mol. The average molecular weight is 443 g/mol. The minimum absolute atomic E-state index is 0.152. The van der Waals surface area contributed by atoms with E-state index >= 15 is 0 Å². The number of aromatic nitrogens is 6. The highest BCUT2D eigenvalue weighted by atomic mass is 32.3. The molecule has 0 bridgehead atoms. The fourth-order valence-electron chi connectivity index (χ4n) is 1.26. The van der Waals surface area contributed by atoms with Crippen LogP contribution in [0, 0.1) is 0 Å². The molecule has 134 valence electrons. The quantitative estimate of drug-likeness (QED) is 0.361. The van der Waals surface area contributed by atoms with Crippen LogP contribution in [0.25, 0.3) is 0 Å². The number of nitrogens with one attached hydrogen (secondary N) is 2. The van der Waals surface area contributed by atoms with E-state index in [9.17, 15) is 16.8 Å². The molecule has 0 saturated heterocycles. The van der Waals surface area contributed by atoms with Crippen molar-refractivity contribution in [1.82, 2.24) is 30.6 Å². The average Bonchev–Trinajstić information content (AvgIpc) is 3.19. The molecule has 0 fully saturated rings. The van der Waals surface area contributed by atoms with Crippen molar-refractivity contribution in [3.05, 3.63) is 0 Å². The Morgan fingerprint density at radius 3 is 1.24 bits per heavy atom. The van der Waals surface area contributed by atoms with E-state index in [1.54, 1.807) is 0 Å². The maximum Gasteiger partial charge on any atom is 0.267 e. The minimum atomic E-state index is -3.93. The first-order valence-electron chi connectivity index (χ1n) is 5.71. The lowest BCUT2D eigenvalue weighted by Gasteiger charge is -1.93. The van der Waals surface area contributed by atoms with Gasteiger partial charge in [-0.05, 0) is 0 Å². The van der Waals surface area contributed by atoms with Gasteiger partial charge in [-0.25, -0.2) is 27.1 Å². The van der Waals surface area contributed by atoms with Gasteiger partial charge in [-0.2, -0.15) is 0 Å². The maximum atomic E-state index is 11.1. The molecule has 3 rings (SSSR count). The van der Waals surface area contributed by atoms with Crippen LogP contribution in [0.3, 0.4) is 0 Å². The summed E-state index contributed by atoms with van der Waals surface area (Å²) >= 11 is 2.48. The van der Waals surface area contributed by atoms with Crippen LogP contribution in [-0.2, 0) is 20.0 Å². The molecule has 0 aliphatic rings. The van der Waals surface area contributed by atoms with Crippen LogP contribution >= 0.6 is 34.0 Å². The van der Waals surface area contributed by atoms with Gasteiger partial charge in [0.1, 0.15) is 0 Å². The number of anilines is 4. The predicted molar refractivity (Wildman–Crippen MR) is 89.0 cm³/mol. The Labute approximate surface area is 151 Å². The third-order valence-corrected chi connectivity index (χ3v) is 7.20. The molecule has 25 heavy (non-hydrogen) atoms. The fourth-order valence-corrected chi connectivity index (χ4v) is 4.69. The van der Waals surface area contributed by atoms with E-state index in [0.717, 1.165) is 34.0 Å². The van der Waals surface area contributed by atoms with Gasteiger partial charge in [0.2, 0.25) is 29.2 Å². The number of hydrogen-bond acceptors (Lipinski definition) is 15. The number of sulfonamides is 2. The zero-order valence-electron chi connectivity index (χ0n) is 11.5. The topological polar surface area (TPSA) is 222 Å². The summed E-state index contributed by atoms with van der Waals surface area (Å²) in [6.07, 6.45) is 0. The lowest BCUT2D eigenvalue weighted by molar-refractivity contribution is 0.594. The number of primary sulfonamides is 2. The number of nitrogens with zero attached hydrogens (tertiary/aromatic N) is 6. The first-order chi connectivity index (χ1) is 11.6. The smallest absolute Gasteiger partial charge is 0.267 e. The van der Waals surface area contributed by atoms with Crippen LogP contribution in [0.5, 0.6) is 0 Å². The van der Waals surface area contributed by atoms with Crippen LogP contribution in [0.1, 0.15) is 0 Å². The third-order valence-electron chi connectivity index (χ3n) is 2.15. The lowest BCUT2D eigenvalue weighted by atomic mass is 11.0. The zero-order chi connectivity index (χ0) is 18.2. The van der Waals surface area contributed by atoms with Crippen molar-refractivity contribution in [2.45, 2.75) is 8.68 Å². The Bertz CT molecular complexity index is 1030. The Morgan fingerprint density at radius 2 is 0.920 bits per heavy atom. The molecule has 3 heterocycles. The van der Waals surface area contributed by atoms with E-state index in [1.807, 2.05) is 0 Å². The molecule has 0 aromatic carbocycles. The highest BCUT2D eigenvalue weighted by Gasteiger charge is 2.18. The fraction of sp³-hybridized carbons (Fsp3) is 0. The Morgan fingerprint density at radius 1 is 0.600 bits per heavy atom. The summed E-state index contributed by atoms with van der Waals surface area (Å²) in [6, 6.07) is 0. The standard InChI is InChI=1S/C6H6N10O4S5/c7-24(17,18)5-15-13-3(22-5)9-1-11-12-2(21-1)10-4-14-16-6(23-4)25(8,19)20/h(H2,7,17,18)(H2,8,19,20)(H,9,11,13)(H,10,12,14). The number of hydrogen-bond donors (Lipinski definition) is 4. The molecule has 0 spiro atoms. The van der Waals surface area contributed by atoms with Crippen LogP contribution < -0.4 is 20.9 Å². The van der Waals surface area contributed by atoms with Gasteiger partial charge in [-0.15, -0.1) is 30.6 Å². The molecule has 3 aromatic heterocycles. The summed E-state index contributed by atoms with van der Waals surface area (Å²) in [5.74, 6) is 0. The van der Waals surface area contributed by atoms with Gasteiger partial charge in [0.15, 0.2) is 0 Å². The second-order valence-corrected chi connectivity index (χ2v) is 10.4. The van der Waals surface area contributed by atoms with E-state index in [1.165, 1.54) is 0 Å². The summed E-state index contributed by atoms with van der Waals surface area (Å²) in [6.45, 7) is 0. The van der Waals surface area contributed by atoms with Gasteiger partial charge >= 0.3 is 0 Å². The van der Waals surface area contributed by atoms with E-state index in [0.29, 0.717) is 0 Å². The van der Waals surface area contributed by atoms with Gasteiger partial charge in [0, 0.05) is 0 Å². The Kier molecular flexibility index (Phi) is 4.61. The van der Waals surface area contributed by atoms with Crippen molar-refractivity contribution in [2.24, 2.45) is 10.3 Å². The van der Waals surface area contributed by atoms with Crippen molar-refractivity contribution >= 4 is 74.6 Å². The van der Waals surface area contributed by atoms with E-state index in [-0.39, 0.29) is 29.2 Å². The van der Waals surface area contributed by atoms with E-state index < -0.39 is 20.0 Å². The summed E-state index contributed by atoms with van der Waals surface area (Å²) < 4.78 is 43.9. The van der Waals surface area contributed by atoms with Crippen molar-refractivity contribution < 1.29 is 16.8 Å². The van der Waals surface area contributed by atoms with Gasteiger partial charge in [-0.1, -0.05) is 34.0 Å². The van der Waals surface area contributed by atoms with Gasteiger partial charge < -0.3 is 10.6 Å². The van der Waals surface area contributed by atoms with E-state index in [4.69, 9.17) is 10.3 Å². The molecule has 0 unspecified atom stereocenters. The highest BCUT2D eigenvalue weighted by molar-refractivity contribution is 7.91. The molecular weight excluding hydrogens is 436 g/mol. The zero-order valence-corrected chi connectivity index (χ0v) is 15.6. The molecule has 14 nitrogen and oxygen atoms in total. The second-order valence-electron chi connectivity index (χ2n) is 4.00. The molecule has 0 aliphatic heterocycles. The SMILES string of the molecule is NS(=O)(=O)c1nnc(Nc2nnc(Nc3nnc(S(N)(=O)=O)s3)s2)s1. The summed E-state index contributed by atoms with van der Waals surface area (Å²) in [7, 11) is -7.87. The third kappa shape index (κ3) is 4.39. The lowest BCUT2D eigenvalue weighted by Crippen LogP contribution is -2.11. The van der Waals surface area contributed by atoms with Crippen LogP contribution in [-0.4, -0.2) is 47.4 Å². The number of rotatable bonds is 6. The van der Waals surface area contributed by atoms with Crippen LogP contribution in [0.2, 0.25) is 0 Å². The van der Waals surface area contributed by atoms with Crippen molar-refractivity contribution in [3.63, 3.8) is 0 Å². The molecule has 0 atom stereocenters. The molecule has 19 heteroatoms. The van der Waals surface area contributed by atoms with Crippen molar-refractivity contribution in [2.75, 3.05) is 10.6 Å². The Balaban J connectivity index is 1.70. The van der Waals surface area contributed by atoms with Gasteiger partial charge in [0.05, 0.1) is 0 Å². The van der Waals surface area contributed by atoms with Crippen molar-refractivity contribution in [1.29, 1.82) is 0 Å². The first kappa shape index (κ1) is 17.9. The van der Waals surface area contributed by atoms with Crippen LogP contribution in [0.4, 0.5) is 20.5 Å². The molecule has 0 saturated carbocycles. The molecule has 0 amide bonds. The Hall–Kier alpha value is -1.90. The van der Waals surface area contributed by atoms with Crippen LogP contribution in [0.15, 0.2) is 8.68 Å².